The Morgan fingerprint density at radius 3 is 2.16 bits per heavy atom. The summed E-state index contributed by atoms with van der Waals surface area (Å²) in [6.45, 7) is 0.272. The highest BCUT2D eigenvalue weighted by Crippen LogP contribution is 2.35. The number of anilines is 1. The molecule has 1 aliphatic heterocycles. The first kappa shape index (κ1) is 18.0. The number of benzene rings is 1. The number of hydrogen-bond acceptors (Lipinski definition) is 3. The van der Waals surface area contributed by atoms with Gasteiger partial charge >= 0.3 is 0 Å². The van der Waals surface area contributed by atoms with Gasteiger partial charge in [0.05, 0.1) is 11.8 Å². The SMILES string of the molecule is O=C(CCCN1C(=O)[C@H]2CC=CC[C@@H]2C1=O)Nc1cc(Cl)cc(Cl)c1. The van der Waals surface area contributed by atoms with Crippen molar-refractivity contribution in [3.63, 3.8) is 0 Å². The van der Waals surface area contributed by atoms with Crippen molar-refractivity contribution < 1.29 is 14.4 Å². The molecule has 1 saturated heterocycles. The summed E-state index contributed by atoms with van der Waals surface area (Å²) in [5, 5.41) is 3.59. The Morgan fingerprint density at radius 2 is 1.60 bits per heavy atom. The third kappa shape index (κ3) is 4.05. The van der Waals surface area contributed by atoms with Gasteiger partial charge in [-0.05, 0) is 37.5 Å². The Bertz CT molecular complexity index is 702. The average Bonchev–Trinajstić information content (AvgIpc) is 2.79. The third-order valence-electron chi connectivity index (χ3n) is 4.53. The summed E-state index contributed by atoms with van der Waals surface area (Å²) in [4.78, 5) is 38.0. The maximum atomic E-state index is 12.3. The minimum Gasteiger partial charge on any atom is -0.326 e. The van der Waals surface area contributed by atoms with E-state index in [2.05, 4.69) is 5.32 Å². The smallest absolute Gasteiger partial charge is 0.233 e. The van der Waals surface area contributed by atoms with Gasteiger partial charge in [0.2, 0.25) is 17.7 Å². The van der Waals surface area contributed by atoms with E-state index in [9.17, 15) is 14.4 Å². The number of amides is 3. The van der Waals surface area contributed by atoms with Crippen LogP contribution in [0.3, 0.4) is 0 Å². The van der Waals surface area contributed by atoms with Crippen molar-refractivity contribution in [2.75, 3.05) is 11.9 Å². The number of hydrogen-bond donors (Lipinski definition) is 1. The van der Waals surface area contributed by atoms with Crippen molar-refractivity contribution >= 4 is 46.6 Å². The van der Waals surface area contributed by atoms with E-state index in [0.29, 0.717) is 35.0 Å². The first-order valence-corrected chi connectivity index (χ1v) is 8.97. The monoisotopic (exact) mass is 380 g/mol. The van der Waals surface area contributed by atoms with Gasteiger partial charge in [-0.3, -0.25) is 19.3 Å². The zero-order chi connectivity index (χ0) is 18.0. The molecule has 0 radical (unpaired) electrons. The molecule has 2 atom stereocenters. The van der Waals surface area contributed by atoms with Crippen LogP contribution in [0.1, 0.15) is 25.7 Å². The van der Waals surface area contributed by atoms with E-state index in [1.54, 1.807) is 18.2 Å². The molecule has 0 saturated carbocycles. The molecule has 7 heteroatoms. The summed E-state index contributed by atoms with van der Waals surface area (Å²) in [7, 11) is 0. The van der Waals surface area contributed by atoms with Crippen molar-refractivity contribution in [3.05, 3.63) is 40.4 Å². The van der Waals surface area contributed by atoms with Gasteiger partial charge in [-0.2, -0.15) is 0 Å². The summed E-state index contributed by atoms with van der Waals surface area (Å²) in [5.41, 5.74) is 0.521. The van der Waals surface area contributed by atoms with E-state index in [0.717, 1.165) is 0 Å². The van der Waals surface area contributed by atoms with Crippen LogP contribution in [0.2, 0.25) is 10.0 Å². The van der Waals surface area contributed by atoms with E-state index in [1.807, 2.05) is 12.2 Å². The van der Waals surface area contributed by atoms with Gasteiger partial charge in [0.25, 0.3) is 0 Å². The summed E-state index contributed by atoms with van der Waals surface area (Å²) >= 11 is 11.8. The summed E-state index contributed by atoms with van der Waals surface area (Å²) < 4.78 is 0. The van der Waals surface area contributed by atoms with Gasteiger partial charge in [0, 0.05) is 28.7 Å². The van der Waals surface area contributed by atoms with E-state index >= 15 is 0 Å². The molecular formula is C18H18Cl2N2O3. The highest BCUT2D eigenvalue weighted by Gasteiger charge is 2.46. The summed E-state index contributed by atoms with van der Waals surface area (Å²) in [6, 6.07) is 4.80. The minimum atomic E-state index is -0.222. The molecule has 3 amide bonds. The Balaban J connectivity index is 1.50. The van der Waals surface area contributed by atoms with Crippen LogP contribution >= 0.6 is 23.2 Å². The van der Waals surface area contributed by atoms with Crippen molar-refractivity contribution in [1.82, 2.24) is 4.90 Å². The molecule has 1 aromatic carbocycles. The lowest BCUT2D eigenvalue weighted by Gasteiger charge is -2.14. The largest absolute Gasteiger partial charge is 0.326 e. The maximum Gasteiger partial charge on any atom is 0.233 e. The van der Waals surface area contributed by atoms with Crippen LogP contribution in [0, 0.1) is 11.8 Å². The minimum absolute atomic E-state index is 0.110. The third-order valence-corrected chi connectivity index (χ3v) is 4.97. The Hall–Kier alpha value is -1.85. The fraction of sp³-hybridized carbons (Fsp3) is 0.389. The number of likely N-dealkylation sites (tertiary alicyclic amines) is 1. The maximum absolute atomic E-state index is 12.3. The molecule has 25 heavy (non-hydrogen) atoms. The quantitative estimate of drug-likeness (QED) is 0.625. The molecule has 1 heterocycles. The molecule has 0 aromatic heterocycles. The van der Waals surface area contributed by atoms with Crippen LogP contribution in [-0.2, 0) is 14.4 Å². The highest BCUT2D eigenvalue weighted by molar-refractivity contribution is 6.35. The Labute approximate surface area is 156 Å². The van der Waals surface area contributed by atoms with Crippen LogP contribution in [0.25, 0.3) is 0 Å². The molecule has 3 rings (SSSR count). The molecule has 0 bridgehead atoms. The molecule has 1 N–H and O–H groups in total. The number of nitrogens with one attached hydrogen (secondary N) is 1. The zero-order valence-electron chi connectivity index (χ0n) is 13.5. The van der Waals surface area contributed by atoms with Crippen LogP contribution in [-0.4, -0.2) is 29.2 Å². The second-order valence-corrected chi connectivity index (χ2v) is 7.17. The standard InChI is InChI=1S/C18H18Cl2N2O3/c19-11-8-12(20)10-13(9-11)21-16(23)6-3-7-22-17(24)14-4-1-2-5-15(14)18(22)25/h1-2,8-10,14-15H,3-7H2,(H,21,23)/t14-,15-/m0/s1. The van der Waals surface area contributed by atoms with E-state index in [-0.39, 0.29) is 42.5 Å². The number of nitrogens with zero attached hydrogens (tertiary/aromatic N) is 1. The van der Waals surface area contributed by atoms with Crippen LogP contribution < -0.4 is 5.32 Å². The van der Waals surface area contributed by atoms with E-state index in [1.165, 1.54) is 4.90 Å². The van der Waals surface area contributed by atoms with Crippen LogP contribution in [0.15, 0.2) is 30.4 Å². The second-order valence-electron chi connectivity index (χ2n) is 6.29. The lowest BCUT2D eigenvalue weighted by atomic mass is 9.85. The number of carbonyl (C=O) groups excluding carboxylic acids is 3. The van der Waals surface area contributed by atoms with E-state index in [4.69, 9.17) is 23.2 Å². The number of allylic oxidation sites excluding steroid dienone is 2. The number of carbonyl (C=O) groups is 3. The average molecular weight is 381 g/mol. The second kappa shape index (κ2) is 7.58. The van der Waals surface area contributed by atoms with Crippen molar-refractivity contribution in [2.24, 2.45) is 11.8 Å². The zero-order valence-corrected chi connectivity index (χ0v) is 15.0. The van der Waals surface area contributed by atoms with E-state index < -0.39 is 0 Å². The predicted molar refractivity (Wildman–Crippen MR) is 96.4 cm³/mol. The van der Waals surface area contributed by atoms with Crippen molar-refractivity contribution in [1.29, 1.82) is 0 Å². The highest BCUT2D eigenvalue weighted by atomic mass is 35.5. The molecule has 5 nitrogen and oxygen atoms in total. The first-order chi connectivity index (χ1) is 12.0. The molecule has 2 aliphatic rings. The lowest BCUT2D eigenvalue weighted by molar-refractivity contribution is -0.140. The Morgan fingerprint density at radius 1 is 1.04 bits per heavy atom. The van der Waals surface area contributed by atoms with Gasteiger partial charge in [-0.25, -0.2) is 0 Å². The number of halogens is 2. The van der Waals surface area contributed by atoms with Gasteiger partial charge in [0.15, 0.2) is 0 Å². The predicted octanol–water partition coefficient (Wildman–Crippen LogP) is 3.66. The van der Waals surface area contributed by atoms with Crippen molar-refractivity contribution in [3.8, 4) is 0 Å². The van der Waals surface area contributed by atoms with Gasteiger partial charge < -0.3 is 5.32 Å². The summed E-state index contributed by atoms with van der Waals surface area (Å²) in [6.07, 6.45) is 5.79. The van der Waals surface area contributed by atoms with Gasteiger partial charge in [-0.1, -0.05) is 35.4 Å². The van der Waals surface area contributed by atoms with Crippen LogP contribution in [0.5, 0.6) is 0 Å². The fourth-order valence-corrected chi connectivity index (χ4v) is 3.86. The molecule has 1 aliphatic carbocycles. The van der Waals surface area contributed by atoms with Gasteiger partial charge in [0.1, 0.15) is 0 Å². The number of imide groups is 1. The first-order valence-electron chi connectivity index (χ1n) is 8.22. The molecule has 0 unspecified atom stereocenters. The lowest BCUT2D eigenvalue weighted by Crippen LogP contribution is -2.32. The summed E-state index contributed by atoms with van der Waals surface area (Å²) in [5.74, 6) is -0.876. The number of fused-ring (bicyclic) bond motifs is 1. The van der Waals surface area contributed by atoms with Crippen molar-refractivity contribution in [2.45, 2.75) is 25.7 Å². The molecule has 1 fully saturated rings. The molecule has 132 valence electrons. The Kier molecular flexibility index (Phi) is 5.45. The number of rotatable bonds is 5. The molecule has 0 spiro atoms. The normalized spacial score (nSPS) is 22.2. The fourth-order valence-electron chi connectivity index (χ4n) is 3.34. The molecule has 1 aromatic rings. The topological polar surface area (TPSA) is 66.5 Å². The molecular weight excluding hydrogens is 363 g/mol. The van der Waals surface area contributed by atoms with Crippen LogP contribution in [0.4, 0.5) is 5.69 Å². The van der Waals surface area contributed by atoms with Gasteiger partial charge in [-0.15, -0.1) is 0 Å².